The van der Waals surface area contributed by atoms with Crippen LogP contribution in [0.25, 0.3) is 0 Å². The van der Waals surface area contributed by atoms with E-state index in [0.29, 0.717) is 11.8 Å². The van der Waals surface area contributed by atoms with Crippen molar-refractivity contribution in [2.45, 2.75) is 46.1 Å². The molecule has 16 heavy (non-hydrogen) atoms. The van der Waals surface area contributed by atoms with E-state index >= 15 is 0 Å². The Labute approximate surface area is 97.7 Å². The summed E-state index contributed by atoms with van der Waals surface area (Å²) < 4.78 is 0. The van der Waals surface area contributed by atoms with E-state index in [-0.39, 0.29) is 0 Å². The third-order valence-electron chi connectivity index (χ3n) is 3.79. The van der Waals surface area contributed by atoms with Gasteiger partial charge in [-0.1, -0.05) is 6.07 Å². The van der Waals surface area contributed by atoms with E-state index in [4.69, 9.17) is 0 Å². The first-order chi connectivity index (χ1) is 7.59. The Bertz CT molecular complexity index is 392. The van der Waals surface area contributed by atoms with Crippen LogP contribution in [0.1, 0.15) is 35.1 Å². The van der Waals surface area contributed by atoms with Gasteiger partial charge in [0.2, 0.25) is 0 Å². The zero-order valence-electron chi connectivity index (χ0n) is 10.4. The Hall–Kier alpha value is -1.02. The van der Waals surface area contributed by atoms with Gasteiger partial charge in [0.25, 0.3) is 0 Å². The molecule has 2 heteroatoms. The van der Waals surface area contributed by atoms with Gasteiger partial charge in [0.15, 0.2) is 0 Å². The highest BCUT2D eigenvalue weighted by atomic mass is 16.3. The van der Waals surface area contributed by atoms with Crippen LogP contribution in [-0.2, 0) is 6.42 Å². The lowest BCUT2D eigenvalue weighted by atomic mass is 9.94. The number of hydrogen-bond acceptors (Lipinski definition) is 2. The molecule has 1 atom stereocenters. The second-order valence-corrected chi connectivity index (χ2v) is 4.95. The van der Waals surface area contributed by atoms with Crippen molar-refractivity contribution in [1.82, 2.24) is 5.32 Å². The summed E-state index contributed by atoms with van der Waals surface area (Å²) >= 11 is 0. The Morgan fingerprint density at radius 1 is 1.31 bits per heavy atom. The molecule has 0 saturated carbocycles. The van der Waals surface area contributed by atoms with Crippen molar-refractivity contribution in [2.75, 3.05) is 6.54 Å². The van der Waals surface area contributed by atoms with Crippen molar-refractivity contribution in [3.8, 4) is 5.75 Å². The van der Waals surface area contributed by atoms with Crippen molar-refractivity contribution < 1.29 is 5.11 Å². The van der Waals surface area contributed by atoms with Crippen molar-refractivity contribution in [1.29, 1.82) is 0 Å². The van der Waals surface area contributed by atoms with Gasteiger partial charge in [-0.25, -0.2) is 0 Å². The number of aromatic hydroxyl groups is 1. The second-order valence-electron chi connectivity index (χ2n) is 4.95. The Balaban J connectivity index is 2.26. The molecule has 0 bridgehead atoms. The average molecular weight is 219 g/mol. The van der Waals surface area contributed by atoms with Gasteiger partial charge in [-0.2, -0.15) is 0 Å². The van der Waals surface area contributed by atoms with Crippen LogP contribution in [0.5, 0.6) is 5.75 Å². The molecular formula is C14H21NO. The summed E-state index contributed by atoms with van der Waals surface area (Å²) in [6.45, 7) is 7.25. The van der Waals surface area contributed by atoms with E-state index in [9.17, 15) is 5.11 Å². The molecule has 0 radical (unpaired) electrons. The van der Waals surface area contributed by atoms with Gasteiger partial charge in [0, 0.05) is 6.04 Å². The van der Waals surface area contributed by atoms with Gasteiger partial charge in [-0.3, -0.25) is 0 Å². The maximum Gasteiger partial charge on any atom is 0.121 e. The number of phenolic OH excluding ortho intramolecular Hbond substituents is 1. The molecule has 1 aliphatic heterocycles. The second kappa shape index (κ2) is 4.46. The van der Waals surface area contributed by atoms with Crippen LogP contribution >= 0.6 is 0 Å². The highest BCUT2D eigenvalue weighted by molar-refractivity contribution is 5.48. The van der Waals surface area contributed by atoms with Crippen molar-refractivity contribution >= 4 is 0 Å². The van der Waals surface area contributed by atoms with Crippen LogP contribution in [0.2, 0.25) is 0 Å². The van der Waals surface area contributed by atoms with Crippen LogP contribution in [-0.4, -0.2) is 17.7 Å². The molecule has 0 aromatic heterocycles. The summed E-state index contributed by atoms with van der Waals surface area (Å²) in [5.41, 5.74) is 4.66. The molecule has 1 fully saturated rings. The van der Waals surface area contributed by atoms with Crippen molar-refractivity contribution in [3.63, 3.8) is 0 Å². The van der Waals surface area contributed by atoms with Crippen LogP contribution in [0.3, 0.4) is 0 Å². The number of hydrogen-bond donors (Lipinski definition) is 2. The SMILES string of the molecule is Cc1cc(CC2CCCN2)c(C)c(C)c1O. The van der Waals surface area contributed by atoms with E-state index in [0.717, 1.165) is 24.1 Å². The van der Waals surface area contributed by atoms with Gasteiger partial charge < -0.3 is 10.4 Å². The van der Waals surface area contributed by atoms with Crippen molar-refractivity contribution in [2.24, 2.45) is 0 Å². The lowest BCUT2D eigenvalue weighted by molar-refractivity contribution is 0.465. The minimum absolute atomic E-state index is 0.459. The van der Waals surface area contributed by atoms with E-state index in [1.807, 2.05) is 13.8 Å². The Kier molecular flexibility index (Phi) is 3.20. The first kappa shape index (κ1) is 11.5. The molecule has 1 saturated heterocycles. The normalized spacial score (nSPS) is 20.3. The number of nitrogens with one attached hydrogen (secondary N) is 1. The lowest BCUT2D eigenvalue weighted by Gasteiger charge is -2.16. The van der Waals surface area contributed by atoms with Gasteiger partial charge in [-0.15, -0.1) is 0 Å². The Morgan fingerprint density at radius 2 is 2.06 bits per heavy atom. The predicted molar refractivity (Wildman–Crippen MR) is 67.0 cm³/mol. The quantitative estimate of drug-likeness (QED) is 0.801. The fourth-order valence-corrected chi connectivity index (χ4v) is 2.56. The van der Waals surface area contributed by atoms with E-state index in [1.54, 1.807) is 0 Å². The van der Waals surface area contributed by atoms with Gasteiger partial charge in [0.05, 0.1) is 0 Å². The predicted octanol–water partition coefficient (Wildman–Crippen LogP) is 2.61. The summed E-state index contributed by atoms with van der Waals surface area (Å²) in [7, 11) is 0. The van der Waals surface area contributed by atoms with Crippen LogP contribution in [0.15, 0.2) is 6.07 Å². The van der Waals surface area contributed by atoms with Gasteiger partial charge in [-0.05, 0) is 68.8 Å². The maximum atomic E-state index is 9.86. The zero-order chi connectivity index (χ0) is 11.7. The molecular weight excluding hydrogens is 198 g/mol. The summed E-state index contributed by atoms with van der Waals surface area (Å²) in [6, 6.07) is 2.76. The molecule has 88 valence electrons. The molecule has 2 rings (SSSR count). The summed E-state index contributed by atoms with van der Waals surface area (Å²) in [6.07, 6.45) is 3.66. The zero-order valence-corrected chi connectivity index (χ0v) is 10.4. The summed E-state index contributed by atoms with van der Waals surface area (Å²) in [5, 5.41) is 13.4. The molecule has 0 spiro atoms. The molecule has 1 heterocycles. The van der Waals surface area contributed by atoms with Crippen LogP contribution < -0.4 is 5.32 Å². The molecule has 1 aliphatic rings. The topological polar surface area (TPSA) is 32.3 Å². The third kappa shape index (κ3) is 2.07. The summed E-state index contributed by atoms with van der Waals surface area (Å²) in [4.78, 5) is 0. The molecule has 1 aromatic carbocycles. The first-order valence-corrected chi connectivity index (χ1v) is 6.11. The molecule has 0 aliphatic carbocycles. The number of phenols is 1. The largest absolute Gasteiger partial charge is 0.507 e. The van der Waals surface area contributed by atoms with Gasteiger partial charge >= 0.3 is 0 Å². The number of rotatable bonds is 2. The third-order valence-corrected chi connectivity index (χ3v) is 3.79. The molecule has 2 N–H and O–H groups in total. The standard InChI is InChI=1S/C14H21NO/c1-9-7-12(8-13-5-4-6-15-13)10(2)11(3)14(9)16/h7,13,15-16H,4-6,8H2,1-3H3. The first-order valence-electron chi connectivity index (χ1n) is 6.11. The van der Waals surface area contributed by atoms with Gasteiger partial charge in [0.1, 0.15) is 5.75 Å². The number of aryl methyl sites for hydroxylation is 1. The smallest absolute Gasteiger partial charge is 0.121 e. The van der Waals surface area contributed by atoms with Crippen LogP contribution in [0.4, 0.5) is 0 Å². The molecule has 2 nitrogen and oxygen atoms in total. The van der Waals surface area contributed by atoms with Crippen molar-refractivity contribution in [3.05, 3.63) is 28.3 Å². The lowest BCUT2D eigenvalue weighted by Crippen LogP contribution is -2.24. The average Bonchev–Trinajstić information content (AvgIpc) is 2.76. The van der Waals surface area contributed by atoms with E-state index < -0.39 is 0 Å². The summed E-state index contributed by atoms with van der Waals surface area (Å²) in [5.74, 6) is 0.459. The minimum atomic E-state index is 0.459. The molecule has 0 amide bonds. The van der Waals surface area contributed by atoms with E-state index in [1.165, 1.54) is 24.0 Å². The highest BCUT2D eigenvalue weighted by Gasteiger charge is 2.17. The highest BCUT2D eigenvalue weighted by Crippen LogP contribution is 2.28. The van der Waals surface area contributed by atoms with E-state index in [2.05, 4.69) is 18.3 Å². The maximum absolute atomic E-state index is 9.86. The molecule has 1 unspecified atom stereocenters. The monoisotopic (exact) mass is 219 g/mol. The minimum Gasteiger partial charge on any atom is -0.507 e. The van der Waals surface area contributed by atoms with Crippen LogP contribution in [0, 0.1) is 20.8 Å². The number of benzene rings is 1. The fourth-order valence-electron chi connectivity index (χ4n) is 2.56. The Morgan fingerprint density at radius 3 is 2.69 bits per heavy atom. The molecule has 1 aromatic rings. The fraction of sp³-hybridized carbons (Fsp3) is 0.571.